The molecule has 0 saturated carbocycles. The van der Waals surface area contributed by atoms with Crippen molar-refractivity contribution in [3.63, 3.8) is 0 Å². The number of rotatable bonds is 6. The third kappa shape index (κ3) is 4.38. The molecule has 2 aliphatic heterocycles. The fourth-order valence-corrected chi connectivity index (χ4v) is 3.98. The van der Waals surface area contributed by atoms with Crippen LogP contribution in [0.2, 0.25) is 0 Å². The first-order valence-electron chi connectivity index (χ1n) is 9.05. The minimum Gasteiger partial charge on any atom is -0.490 e. The summed E-state index contributed by atoms with van der Waals surface area (Å²) in [4.78, 5) is 36.1. The molecule has 2 heterocycles. The van der Waals surface area contributed by atoms with Gasteiger partial charge in [-0.05, 0) is 36.2 Å². The van der Waals surface area contributed by atoms with Gasteiger partial charge in [0.2, 0.25) is 5.91 Å². The average molecular weight is 434 g/mol. The molecule has 156 valence electrons. The maximum Gasteiger partial charge on any atom is 0.414 e. The maximum absolute atomic E-state index is 13.4. The molecule has 0 bridgehead atoms. The summed E-state index contributed by atoms with van der Waals surface area (Å²) in [6.07, 6.45) is -0.812. The Morgan fingerprint density at radius 2 is 1.87 bits per heavy atom. The normalized spacial score (nSPS) is 21.0. The number of thioether (sulfide) groups is 1. The quantitative estimate of drug-likeness (QED) is 0.751. The monoisotopic (exact) mass is 434 g/mol. The lowest BCUT2D eigenvalue weighted by Gasteiger charge is -2.13. The molecule has 3 amide bonds. The summed E-state index contributed by atoms with van der Waals surface area (Å²) < 4.78 is 37.4. The molecule has 2 fully saturated rings. The first-order valence-corrected chi connectivity index (χ1v) is 9.93. The number of benzene rings is 2. The highest BCUT2D eigenvalue weighted by Gasteiger charge is 2.33. The molecular formula is C20H16F2N2O5S. The van der Waals surface area contributed by atoms with E-state index in [9.17, 15) is 23.2 Å². The number of nitrogens with zero attached hydrogens (tertiary/aromatic N) is 1. The third-order valence-electron chi connectivity index (χ3n) is 4.64. The van der Waals surface area contributed by atoms with Gasteiger partial charge in [0, 0.05) is 6.07 Å². The van der Waals surface area contributed by atoms with E-state index in [1.165, 1.54) is 11.0 Å². The van der Waals surface area contributed by atoms with Gasteiger partial charge >= 0.3 is 6.09 Å². The number of halogens is 2. The van der Waals surface area contributed by atoms with E-state index < -0.39 is 29.1 Å². The Morgan fingerprint density at radius 3 is 2.53 bits per heavy atom. The topological polar surface area (TPSA) is 84.9 Å². The second-order valence-corrected chi connectivity index (χ2v) is 7.93. The Hall–Kier alpha value is -3.14. The van der Waals surface area contributed by atoms with Crippen LogP contribution in [-0.2, 0) is 16.0 Å². The number of ether oxygens (including phenoxy) is 2. The molecule has 0 radical (unpaired) electrons. The average Bonchev–Trinajstić information content (AvgIpc) is 3.24. The molecule has 0 spiro atoms. The molecule has 2 saturated heterocycles. The van der Waals surface area contributed by atoms with Crippen LogP contribution in [0.15, 0.2) is 42.5 Å². The summed E-state index contributed by atoms with van der Waals surface area (Å²) in [6.45, 7) is 0.227. The van der Waals surface area contributed by atoms with Crippen LogP contribution in [0.25, 0.3) is 0 Å². The first kappa shape index (κ1) is 20.1. The van der Waals surface area contributed by atoms with Gasteiger partial charge in [-0.25, -0.2) is 13.6 Å². The van der Waals surface area contributed by atoms with Crippen LogP contribution in [0, 0.1) is 11.6 Å². The molecule has 1 N–H and O–H groups in total. The van der Waals surface area contributed by atoms with E-state index in [-0.39, 0.29) is 30.0 Å². The summed E-state index contributed by atoms with van der Waals surface area (Å²) >= 11 is 0.972. The predicted molar refractivity (Wildman–Crippen MR) is 105 cm³/mol. The molecule has 10 heteroatoms. The third-order valence-corrected chi connectivity index (χ3v) is 5.62. The first-order chi connectivity index (χ1) is 14.4. The van der Waals surface area contributed by atoms with Crippen LogP contribution < -0.4 is 15.0 Å². The highest BCUT2D eigenvalue weighted by molar-refractivity contribution is 8.15. The Morgan fingerprint density at radius 1 is 1.10 bits per heavy atom. The second kappa shape index (κ2) is 8.31. The Balaban J connectivity index is 1.30. The van der Waals surface area contributed by atoms with Gasteiger partial charge in [-0.1, -0.05) is 23.9 Å². The number of carbonyl (C=O) groups excluding carboxylic acids is 3. The number of cyclic esters (lactones) is 1. The smallest absolute Gasteiger partial charge is 0.414 e. The van der Waals surface area contributed by atoms with E-state index >= 15 is 0 Å². The molecule has 7 nitrogen and oxygen atoms in total. The van der Waals surface area contributed by atoms with Crippen LogP contribution in [0.1, 0.15) is 5.56 Å². The van der Waals surface area contributed by atoms with Gasteiger partial charge in [0.25, 0.3) is 5.24 Å². The van der Waals surface area contributed by atoms with Crippen molar-refractivity contribution in [2.75, 3.05) is 18.1 Å². The van der Waals surface area contributed by atoms with E-state index in [1.807, 2.05) is 0 Å². The van der Waals surface area contributed by atoms with Crippen molar-refractivity contribution in [1.29, 1.82) is 0 Å². The van der Waals surface area contributed by atoms with E-state index in [1.54, 1.807) is 24.3 Å². The van der Waals surface area contributed by atoms with Gasteiger partial charge in [0.1, 0.15) is 12.4 Å². The minimum absolute atomic E-state index is 0.0840. The zero-order valence-electron chi connectivity index (χ0n) is 15.5. The molecule has 4 rings (SSSR count). The number of anilines is 1. The van der Waals surface area contributed by atoms with Crippen LogP contribution in [0.3, 0.4) is 0 Å². The van der Waals surface area contributed by atoms with Gasteiger partial charge in [-0.3, -0.25) is 19.8 Å². The molecule has 0 aromatic heterocycles. The lowest BCUT2D eigenvalue weighted by Crippen LogP contribution is -2.26. The molecule has 2 aromatic carbocycles. The summed E-state index contributed by atoms with van der Waals surface area (Å²) in [5.41, 5.74) is 1.08. The van der Waals surface area contributed by atoms with E-state index in [4.69, 9.17) is 9.47 Å². The van der Waals surface area contributed by atoms with Gasteiger partial charge in [0.05, 0.1) is 17.5 Å². The SMILES string of the molecule is O=C1NC(=O)C(Cc2ccc(OCC3CN(c4ccc(F)c(F)c4)C(=O)O3)cc2)S1. The number of amides is 3. The second-order valence-electron chi connectivity index (χ2n) is 6.76. The van der Waals surface area contributed by atoms with Crippen LogP contribution in [0.4, 0.5) is 24.1 Å². The molecule has 0 aliphatic carbocycles. The largest absolute Gasteiger partial charge is 0.490 e. The lowest BCUT2D eigenvalue weighted by molar-refractivity contribution is -0.118. The predicted octanol–water partition coefficient (Wildman–Crippen LogP) is 3.26. The van der Waals surface area contributed by atoms with E-state index in [0.29, 0.717) is 12.2 Å². The standard InChI is InChI=1S/C20H16F2N2O5S/c21-15-6-3-12(8-16(15)22)24-9-14(29-20(24)27)10-28-13-4-1-11(2-5-13)7-17-18(25)23-19(26)30-17/h1-6,8,14,17H,7,9-10H2,(H,23,25,26). The Labute approximate surface area is 174 Å². The van der Waals surface area contributed by atoms with Crippen molar-refractivity contribution in [3.05, 3.63) is 59.7 Å². The summed E-state index contributed by atoms with van der Waals surface area (Å²) in [5, 5.41) is 1.47. The van der Waals surface area contributed by atoms with Crippen molar-refractivity contribution < 1.29 is 32.6 Å². The molecular weight excluding hydrogens is 418 g/mol. The molecule has 30 heavy (non-hydrogen) atoms. The zero-order valence-corrected chi connectivity index (χ0v) is 16.3. The molecule has 2 aliphatic rings. The Bertz CT molecular complexity index is 1000. The van der Waals surface area contributed by atoms with Gasteiger partial charge in [0.15, 0.2) is 17.7 Å². The lowest BCUT2D eigenvalue weighted by atomic mass is 10.1. The Kier molecular flexibility index (Phi) is 5.58. The molecule has 2 atom stereocenters. The zero-order chi connectivity index (χ0) is 21.3. The summed E-state index contributed by atoms with van der Waals surface area (Å²) in [6, 6.07) is 10.2. The highest BCUT2D eigenvalue weighted by atomic mass is 32.2. The summed E-state index contributed by atoms with van der Waals surface area (Å²) in [5.74, 6) is -1.79. The number of nitrogens with one attached hydrogen (secondary N) is 1. The van der Waals surface area contributed by atoms with Crippen LogP contribution in [0.5, 0.6) is 5.75 Å². The van der Waals surface area contributed by atoms with Crippen molar-refractivity contribution in [1.82, 2.24) is 5.32 Å². The van der Waals surface area contributed by atoms with Crippen molar-refractivity contribution in [2.24, 2.45) is 0 Å². The maximum atomic E-state index is 13.4. The van der Waals surface area contributed by atoms with Crippen molar-refractivity contribution >= 4 is 34.7 Å². The summed E-state index contributed by atoms with van der Waals surface area (Å²) in [7, 11) is 0. The fourth-order valence-electron chi connectivity index (χ4n) is 3.12. The number of carbonyl (C=O) groups is 3. The van der Waals surface area contributed by atoms with E-state index in [0.717, 1.165) is 29.5 Å². The molecule has 2 unspecified atom stereocenters. The van der Waals surface area contributed by atoms with Gasteiger partial charge < -0.3 is 9.47 Å². The fraction of sp³-hybridized carbons (Fsp3) is 0.250. The minimum atomic E-state index is -1.04. The number of imide groups is 1. The van der Waals surface area contributed by atoms with Crippen LogP contribution >= 0.6 is 11.8 Å². The van der Waals surface area contributed by atoms with Crippen LogP contribution in [-0.4, -0.2) is 41.7 Å². The van der Waals surface area contributed by atoms with Crippen molar-refractivity contribution in [3.8, 4) is 5.75 Å². The van der Waals surface area contributed by atoms with Crippen molar-refractivity contribution in [2.45, 2.75) is 17.8 Å². The van der Waals surface area contributed by atoms with E-state index in [2.05, 4.69) is 5.32 Å². The number of hydrogen-bond acceptors (Lipinski definition) is 6. The molecule has 2 aromatic rings. The van der Waals surface area contributed by atoms with Gasteiger partial charge in [-0.15, -0.1) is 0 Å². The number of hydrogen-bond donors (Lipinski definition) is 1. The highest BCUT2D eigenvalue weighted by Crippen LogP contribution is 2.25. The van der Waals surface area contributed by atoms with Gasteiger partial charge in [-0.2, -0.15) is 0 Å².